The van der Waals surface area contributed by atoms with Crippen LogP contribution in [-0.4, -0.2) is 11.5 Å². The van der Waals surface area contributed by atoms with Crippen molar-refractivity contribution in [2.24, 2.45) is 5.73 Å². The van der Waals surface area contributed by atoms with Gasteiger partial charge in [-0.15, -0.1) is 0 Å². The van der Waals surface area contributed by atoms with Crippen molar-refractivity contribution in [3.63, 3.8) is 0 Å². The highest BCUT2D eigenvalue weighted by atomic mass is 19.1. The molecule has 0 spiro atoms. The summed E-state index contributed by atoms with van der Waals surface area (Å²) < 4.78 is 14.2. The Balaban J connectivity index is 2.27. The number of pyridine rings is 1. The topological polar surface area (TPSA) is 42.2 Å². The molecular formula is C15H18FN3. The van der Waals surface area contributed by atoms with E-state index in [9.17, 15) is 4.39 Å². The quantitative estimate of drug-likeness (QED) is 0.897. The van der Waals surface area contributed by atoms with Crippen LogP contribution in [0.4, 0.5) is 10.2 Å². The molecule has 0 aliphatic rings. The number of nitrogens with zero attached hydrogens (tertiary/aromatic N) is 2. The Bertz CT molecular complexity index is 528. The molecule has 0 bridgehead atoms. The largest absolute Gasteiger partial charge is 0.350 e. The number of nitrogens with two attached hydrogens (primary N) is 1. The van der Waals surface area contributed by atoms with Crippen molar-refractivity contribution in [3.05, 3.63) is 59.5 Å². The molecule has 0 unspecified atom stereocenters. The van der Waals surface area contributed by atoms with Gasteiger partial charge in [0.05, 0.1) is 0 Å². The van der Waals surface area contributed by atoms with E-state index in [4.69, 9.17) is 5.73 Å². The molecule has 0 saturated heterocycles. The Morgan fingerprint density at radius 2 is 1.95 bits per heavy atom. The van der Waals surface area contributed by atoms with Gasteiger partial charge >= 0.3 is 0 Å². The highest BCUT2D eigenvalue weighted by Crippen LogP contribution is 2.20. The van der Waals surface area contributed by atoms with Crippen LogP contribution in [-0.2, 0) is 13.1 Å². The number of halogens is 1. The average Bonchev–Trinajstić information content (AvgIpc) is 2.46. The van der Waals surface area contributed by atoms with Crippen molar-refractivity contribution in [2.45, 2.75) is 20.0 Å². The van der Waals surface area contributed by atoms with E-state index >= 15 is 0 Å². The molecule has 2 rings (SSSR count). The second-order valence-electron chi connectivity index (χ2n) is 4.31. The van der Waals surface area contributed by atoms with Crippen molar-refractivity contribution in [1.29, 1.82) is 0 Å². The molecule has 1 heterocycles. The minimum absolute atomic E-state index is 0.185. The lowest BCUT2D eigenvalue weighted by Gasteiger charge is -2.23. The Morgan fingerprint density at radius 3 is 2.58 bits per heavy atom. The lowest BCUT2D eigenvalue weighted by Crippen LogP contribution is -2.25. The maximum atomic E-state index is 14.2. The van der Waals surface area contributed by atoms with E-state index in [2.05, 4.69) is 4.98 Å². The van der Waals surface area contributed by atoms with Gasteiger partial charge in [0.1, 0.15) is 0 Å². The van der Waals surface area contributed by atoms with Gasteiger partial charge in [0.2, 0.25) is 0 Å². The summed E-state index contributed by atoms with van der Waals surface area (Å²) in [6.45, 7) is 3.49. The normalized spacial score (nSPS) is 10.5. The van der Waals surface area contributed by atoms with Gasteiger partial charge in [-0.25, -0.2) is 9.37 Å². The second kappa shape index (κ2) is 6.29. The molecule has 2 aromatic rings. The molecule has 0 aliphatic carbocycles. The van der Waals surface area contributed by atoms with Gasteiger partial charge in [-0.05, 0) is 18.6 Å². The third-order valence-corrected chi connectivity index (χ3v) is 3.07. The van der Waals surface area contributed by atoms with Crippen molar-refractivity contribution < 1.29 is 4.39 Å². The molecule has 1 aromatic carbocycles. The zero-order chi connectivity index (χ0) is 13.7. The lowest BCUT2D eigenvalue weighted by atomic mass is 10.2. The molecule has 4 heteroatoms. The summed E-state index contributed by atoms with van der Waals surface area (Å²) >= 11 is 0. The summed E-state index contributed by atoms with van der Waals surface area (Å²) in [5.41, 5.74) is 7.15. The van der Waals surface area contributed by atoms with Gasteiger partial charge in [0.15, 0.2) is 11.6 Å². The van der Waals surface area contributed by atoms with Crippen molar-refractivity contribution in [3.8, 4) is 0 Å². The van der Waals surface area contributed by atoms with E-state index in [-0.39, 0.29) is 12.4 Å². The summed E-state index contributed by atoms with van der Waals surface area (Å²) in [7, 11) is 0. The van der Waals surface area contributed by atoms with E-state index in [1.54, 1.807) is 12.3 Å². The average molecular weight is 259 g/mol. The number of benzene rings is 1. The van der Waals surface area contributed by atoms with E-state index in [1.165, 1.54) is 0 Å². The lowest BCUT2D eigenvalue weighted by molar-refractivity contribution is 0.593. The van der Waals surface area contributed by atoms with E-state index < -0.39 is 0 Å². The fraction of sp³-hybridized carbons (Fsp3) is 0.267. The second-order valence-corrected chi connectivity index (χ2v) is 4.31. The number of hydrogen-bond acceptors (Lipinski definition) is 3. The van der Waals surface area contributed by atoms with Gasteiger partial charge in [-0.3, -0.25) is 0 Å². The zero-order valence-corrected chi connectivity index (χ0v) is 11.0. The summed E-state index contributed by atoms with van der Waals surface area (Å²) in [5.74, 6) is 0.0529. The Labute approximate surface area is 112 Å². The van der Waals surface area contributed by atoms with Crippen LogP contribution in [0.5, 0.6) is 0 Å². The molecule has 0 saturated carbocycles. The molecule has 0 radical (unpaired) electrons. The van der Waals surface area contributed by atoms with E-state index in [0.717, 1.165) is 5.56 Å². The molecule has 0 fully saturated rings. The van der Waals surface area contributed by atoms with Gasteiger partial charge in [0.25, 0.3) is 0 Å². The summed E-state index contributed by atoms with van der Waals surface area (Å²) in [4.78, 5) is 6.06. The Hall–Kier alpha value is -1.94. The van der Waals surface area contributed by atoms with Crippen LogP contribution in [0.3, 0.4) is 0 Å². The van der Waals surface area contributed by atoms with Crippen LogP contribution in [0, 0.1) is 5.82 Å². The zero-order valence-electron chi connectivity index (χ0n) is 11.0. The highest BCUT2D eigenvalue weighted by molar-refractivity contribution is 5.43. The Kier molecular flexibility index (Phi) is 4.47. The molecule has 0 aliphatic heterocycles. The van der Waals surface area contributed by atoms with Crippen molar-refractivity contribution >= 4 is 5.82 Å². The maximum Gasteiger partial charge on any atom is 0.170 e. The van der Waals surface area contributed by atoms with Gasteiger partial charge in [-0.2, -0.15) is 0 Å². The van der Waals surface area contributed by atoms with Crippen LogP contribution >= 0.6 is 0 Å². The molecular weight excluding hydrogens is 241 g/mol. The number of aromatic nitrogens is 1. The predicted molar refractivity (Wildman–Crippen MR) is 75.3 cm³/mol. The third-order valence-electron chi connectivity index (χ3n) is 3.07. The smallest absolute Gasteiger partial charge is 0.170 e. The summed E-state index contributed by atoms with van der Waals surface area (Å²) in [6.07, 6.45) is 1.61. The molecule has 19 heavy (non-hydrogen) atoms. The fourth-order valence-electron chi connectivity index (χ4n) is 1.99. The molecule has 0 amide bonds. The van der Waals surface area contributed by atoms with Gasteiger partial charge in [0, 0.05) is 31.4 Å². The van der Waals surface area contributed by atoms with E-state index in [0.29, 0.717) is 24.5 Å². The van der Waals surface area contributed by atoms with Gasteiger partial charge < -0.3 is 10.6 Å². The first-order valence-corrected chi connectivity index (χ1v) is 6.38. The molecule has 100 valence electrons. The third kappa shape index (κ3) is 3.09. The fourth-order valence-corrected chi connectivity index (χ4v) is 1.99. The summed E-state index contributed by atoms with van der Waals surface area (Å²) in [5, 5.41) is 0. The first-order chi connectivity index (χ1) is 9.26. The standard InChI is InChI=1S/C15H18FN3/c1-2-19(11-12-6-4-3-5-7-12)15-14(16)13(10-17)8-9-18-15/h3-9H,2,10-11,17H2,1H3. The minimum Gasteiger partial charge on any atom is -0.350 e. The summed E-state index contributed by atoms with van der Waals surface area (Å²) in [6, 6.07) is 11.6. The van der Waals surface area contributed by atoms with E-state index in [1.807, 2.05) is 42.2 Å². The number of hydrogen-bond donors (Lipinski definition) is 1. The predicted octanol–water partition coefficient (Wildman–Crippen LogP) is 2.71. The molecule has 2 N–H and O–H groups in total. The number of anilines is 1. The van der Waals surface area contributed by atoms with Crippen LogP contribution < -0.4 is 10.6 Å². The number of rotatable bonds is 5. The van der Waals surface area contributed by atoms with Crippen LogP contribution in [0.25, 0.3) is 0 Å². The van der Waals surface area contributed by atoms with Crippen LogP contribution in [0.2, 0.25) is 0 Å². The van der Waals surface area contributed by atoms with Crippen LogP contribution in [0.1, 0.15) is 18.1 Å². The first kappa shape index (κ1) is 13.5. The highest BCUT2D eigenvalue weighted by Gasteiger charge is 2.14. The monoisotopic (exact) mass is 259 g/mol. The Morgan fingerprint density at radius 1 is 1.21 bits per heavy atom. The molecule has 3 nitrogen and oxygen atoms in total. The molecule has 1 aromatic heterocycles. The SMILES string of the molecule is CCN(Cc1ccccc1)c1nccc(CN)c1F. The van der Waals surface area contributed by atoms with Crippen molar-refractivity contribution in [1.82, 2.24) is 4.98 Å². The molecule has 0 atom stereocenters. The van der Waals surface area contributed by atoms with Crippen molar-refractivity contribution in [2.75, 3.05) is 11.4 Å². The first-order valence-electron chi connectivity index (χ1n) is 6.38. The van der Waals surface area contributed by atoms with Crippen LogP contribution in [0.15, 0.2) is 42.6 Å². The minimum atomic E-state index is -0.317. The maximum absolute atomic E-state index is 14.2. The van der Waals surface area contributed by atoms with Gasteiger partial charge in [-0.1, -0.05) is 30.3 Å².